The van der Waals surface area contributed by atoms with Crippen molar-refractivity contribution in [1.82, 2.24) is 5.32 Å². The van der Waals surface area contributed by atoms with Gasteiger partial charge in [-0.15, -0.1) is 0 Å². The van der Waals surface area contributed by atoms with Gasteiger partial charge in [-0.05, 0) is 6.42 Å². The van der Waals surface area contributed by atoms with Gasteiger partial charge in [-0.1, -0.05) is 13.3 Å². The van der Waals surface area contributed by atoms with E-state index in [0.29, 0.717) is 6.42 Å². The number of carbonyl (C=O) groups is 1. The maximum absolute atomic E-state index is 11.3. The Morgan fingerprint density at radius 2 is 2.13 bits per heavy atom. The van der Waals surface area contributed by atoms with Gasteiger partial charge in [0, 0.05) is 6.42 Å². The van der Waals surface area contributed by atoms with Crippen molar-refractivity contribution in [3.8, 4) is 0 Å². The summed E-state index contributed by atoms with van der Waals surface area (Å²) in [5.74, 6) is -0.0799. The van der Waals surface area contributed by atoms with Gasteiger partial charge in [-0.25, -0.2) is 4.57 Å². The largest absolute Gasteiger partial charge is 0.472 e. The fourth-order valence-electron chi connectivity index (χ4n) is 1.17. The predicted octanol–water partition coefficient (Wildman–Crippen LogP) is 0.809. The molecule has 6 nitrogen and oxygen atoms in total. The molecule has 0 aromatic carbocycles. The fraction of sp³-hybridized carbons (Fsp3) is 0.875. The van der Waals surface area contributed by atoms with E-state index in [-0.39, 0.29) is 25.2 Å². The molecule has 1 heterocycles. The first kappa shape index (κ1) is 12.6. The highest BCUT2D eigenvalue weighted by atomic mass is 31.2. The van der Waals surface area contributed by atoms with Crippen LogP contribution in [-0.4, -0.2) is 30.1 Å². The molecule has 15 heavy (non-hydrogen) atoms. The normalized spacial score (nSPS) is 31.2. The summed E-state index contributed by atoms with van der Waals surface area (Å²) in [5.41, 5.74) is 0. The fourth-order valence-corrected chi connectivity index (χ4v) is 1.99. The predicted molar refractivity (Wildman–Crippen MR) is 53.2 cm³/mol. The highest BCUT2D eigenvalue weighted by Crippen LogP contribution is 2.45. The second-order valence-electron chi connectivity index (χ2n) is 3.43. The van der Waals surface area contributed by atoms with E-state index in [9.17, 15) is 9.36 Å². The third kappa shape index (κ3) is 4.75. The number of unbranched alkanes of at least 4 members (excludes halogenated alkanes) is 1. The summed E-state index contributed by atoms with van der Waals surface area (Å²) in [6, 6.07) is -0.330. The third-order valence-corrected chi connectivity index (χ3v) is 2.95. The summed E-state index contributed by atoms with van der Waals surface area (Å²) in [6.07, 6.45) is 2.25. The number of amides is 1. The van der Waals surface area contributed by atoms with E-state index in [1.807, 2.05) is 6.92 Å². The molecule has 2 N–H and O–H groups in total. The van der Waals surface area contributed by atoms with Crippen LogP contribution < -0.4 is 5.32 Å². The van der Waals surface area contributed by atoms with Crippen LogP contribution in [0.2, 0.25) is 0 Å². The minimum atomic E-state index is -3.84. The van der Waals surface area contributed by atoms with Crippen LogP contribution in [0.3, 0.4) is 0 Å². The van der Waals surface area contributed by atoms with Crippen LogP contribution in [0.4, 0.5) is 0 Å². The molecule has 0 aliphatic carbocycles. The molecular formula is C8H16NO5P. The van der Waals surface area contributed by atoms with Gasteiger partial charge in [0.2, 0.25) is 5.91 Å². The Morgan fingerprint density at radius 1 is 1.53 bits per heavy atom. The molecule has 1 aliphatic heterocycles. The van der Waals surface area contributed by atoms with Crippen LogP contribution >= 0.6 is 7.82 Å². The highest BCUT2D eigenvalue weighted by molar-refractivity contribution is 7.47. The Kier molecular flexibility index (Phi) is 4.73. The molecule has 0 spiro atoms. The second kappa shape index (κ2) is 5.61. The lowest BCUT2D eigenvalue weighted by molar-refractivity contribution is -0.122. The van der Waals surface area contributed by atoms with Gasteiger partial charge in [0.25, 0.3) is 0 Å². The summed E-state index contributed by atoms with van der Waals surface area (Å²) >= 11 is 0. The van der Waals surface area contributed by atoms with Gasteiger partial charge in [0.15, 0.2) is 0 Å². The SMILES string of the molecule is CCCCC(=O)NC1COP(=O)(O)OC1. The number of hydrogen-bond donors (Lipinski definition) is 2. The summed E-state index contributed by atoms with van der Waals surface area (Å²) < 4.78 is 20.0. The Morgan fingerprint density at radius 3 is 2.67 bits per heavy atom. The Labute approximate surface area is 88.6 Å². The maximum atomic E-state index is 11.3. The lowest BCUT2D eigenvalue weighted by Crippen LogP contribution is -2.43. The van der Waals surface area contributed by atoms with Crippen LogP contribution in [0.25, 0.3) is 0 Å². The van der Waals surface area contributed by atoms with Crippen molar-refractivity contribution in [2.45, 2.75) is 32.2 Å². The monoisotopic (exact) mass is 237 g/mol. The molecule has 1 aliphatic rings. The molecule has 1 amide bonds. The average molecular weight is 237 g/mol. The molecule has 7 heteroatoms. The quantitative estimate of drug-likeness (QED) is 0.707. The van der Waals surface area contributed by atoms with Crippen LogP contribution in [0.1, 0.15) is 26.2 Å². The van der Waals surface area contributed by atoms with Crippen LogP contribution in [-0.2, 0) is 18.4 Å². The first-order chi connectivity index (χ1) is 7.03. The molecular weight excluding hydrogens is 221 g/mol. The van der Waals surface area contributed by atoms with E-state index in [4.69, 9.17) is 4.89 Å². The zero-order valence-corrected chi connectivity index (χ0v) is 9.53. The summed E-state index contributed by atoms with van der Waals surface area (Å²) in [4.78, 5) is 20.1. The maximum Gasteiger partial charge on any atom is 0.472 e. The number of hydrogen-bond acceptors (Lipinski definition) is 4. The van der Waals surface area contributed by atoms with Crippen molar-refractivity contribution in [2.75, 3.05) is 13.2 Å². The topological polar surface area (TPSA) is 84.9 Å². The van der Waals surface area contributed by atoms with E-state index in [2.05, 4.69) is 14.4 Å². The van der Waals surface area contributed by atoms with Crippen molar-refractivity contribution in [3.05, 3.63) is 0 Å². The molecule has 0 atom stereocenters. The van der Waals surface area contributed by atoms with Crippen LogP contribution in [0.5, 0.6) is 0 Å². The van der Waals surface area contributed by atoms with Gasteiger partial charge in [0.1, 0.15) is 0 Å². The number of rotatable bonds is 4. The van der Waals surface area contributed by atoms with Crippen LogP contribution in [0.15, 0.2) is 0 Å². The standard InChI is InChI=1S/C8H16NO5P/c1-2-3-4-8(10)9-7-5-13-15(11,12)14-6-7/h7H,2-6H2,1H3,(H,9,10)(H,11,12). The summed E-state index contributed by atoms with van der Waals surface area (Å²) in [7, 11) is -3.84. The Balaban J connectivity index is 2.23. The van der Waals surface area contributed by atoms with Gasteiger partial charge < -0.3 is 10.2 Å². The van der Waals surface area contributed by atoms with Gasteiger partial charge in [0.05, 0.1) is 19.3 Å². The Hall–Kier alpha value is -0.420. The van der Waals surface area contributed by atoms with E-state index in [1.165, 1.54) is 0 Å². The van der Waals surface area contributed by atoms with E-state index in [1.54, 1.807) is 0 Å². The molecule has 1 rings (SSSR count). The smallest absolute Gasteiger partial charge is 0.349 e. The summed E-state index contributed by atoms with van der Waals surface area (Å²) in [5, 5.41) is 2.67. The zero-order chi connectivity index (χ0) is 11.3. The van der Waals surface area contributed by atoms with Crippen LogP contribution in [0, 0.1) is 0 Å². The first-order valence-electron chi connectivity index (χ1n) is 4.95. The molecule has 0 aromatic heterocycles. The lowest BCUT2D eigenvalue weighted by Gasteiger charge is -2.25. The molecule has 0 saturated carbocycles. The minimum Gasteiger partial charge on any atom is -0.349 e. The lowest BCUT2D eigenvalue weighted by atomic mass is 10.2. The van der Waals surface area contributed by atoms with Crippen molar-refractivity contribution in [2.24, 2.45) is 0 Å². The average Bonchev–Trinajstić information content (AvgIpc) is 2.18. The van der Waals surface area contributed by atoms with E-state index < -0.39 is 7.82 Å². The number of nitrogens with one attached hydrogen (secondary N) is 1. The number of phosphoric acid groups is 1. The highest BCUT2D eigenvalue weighted by Gasteiger charge is 2.30. The Bertz CT molecular complexity index is 258. The van der Waals surface area contributed by atoms with Crippen molar-refractivity contribution >= 4 is 13.7 Å². The van der Waals surface area contributed by atoms with Gasteiger partial charge in [-0.3, -0.25) is 13.8 Å². The molecule has 0 bridgehead atoms. The molecule has 1 fully saturated rings. The van der Waals surface area contributed by atoms with E-state index >= 15 is 0 Å². The van der Waals surface area contributed by atoms with Crippen molar-refractivity contribution in [3.63, 3.8) is 0 Å². The number of phosphoric ester groups is 1. The third-order valence-electron chi connectivity index (χ3n) is 2.00. The molecule has 88 valence electrons. The molecule has 0 unspecified atom stereocenters. The molecule has 1 saturated heterocycles. The van der Waals surface area contributed by atoms with Crippen molar-refractivity contribution < 1.29 is 23.3 Å². The molecule has 0 aromatic rings. The zero-order valence-electron chi connectivity index (χ0n) is 8.64. The minimum absolute atomic E-state index is 0.0195. The summed E-state index contributed by atoms with van der Waals surface area (Å²) in [6.45, 7) is 2.04. The van der Waals surface area contributed by atoms with Gasteiger partial charge >= 0.3 is 7.82 Å². The number of carbonyl (C=O) groups excluding carboxylic acids is 1. The first-order valence-corrected chi connectivity index (χ1v) is 6.44. The van der Waals surface area contributed by atoms with Crippen molar-refractivity contribution in [1.29, 1.82) is 0 Å². The molecule has 0 radical (unpaired) electrons. The second-order valence-corrected chi connectivity index (χ2v) is 4.88. The van der Waals surface area contributed by atoms with E-state index in [0.717, 1.165) is 12.8 Å². The van der Waals surface area contributed by atoms with Gasteiger partial charge in [-0.2, -0.15) is 0 Å².